The predicted octanol–water partition coefficient (Wildman–Crippen LogP) is 5.84. The van der Waals surface area contributed by atoms with E-state index in [1.165, 1.54) is 12.8 Å². The summed E-state index contributed by atoms with van der Waals surface area (Å²) in [6.07, 6.45) is 9.16. The average Bonchev–Trinajstić information content (AvgIpc) is 4.04. The van der Waals surface area contributed by atoms with Gasteiger partial charge in [0.05, 0.1) is 53.9 Å². The standard InChI is InChI=1S/C9H15BO2.C9H15BO.C8H13BO2.C8H15BO2.C8H13BOS/c1-3-9-4-5-11-7(6(9)2)8(10)12-9;1-3-9-5-4-7(6(9)2)8(10)11-9;1-3-8-4-10-6(5(8)2)7(9)11-8;1-3-4-10-7-6(2)5-11-8(7)9;1-3-8-4-11-6(5(8)2)7(9)10-8/h6-8H,3-5H2,1-2H3;6-8H,3-5H2,1-2H3;5-7H,3-4H2,1-2H3;6-8H,3-5H2,1-2H3;5-7H,3-4H2,1-2H3/t2*6?,7-,8+,9-;5?,6-,7+,8-;6?,7-,8-;5?,6-,7+,8-/m00010/s1. The third-order valence-electron chi connectivity index (χ3n) is 15.4. The van der Waals surface area contributed by atoms with Gasteiger partial charge in [-0.05, 0) is 62.7 Å². The van der Waals surface area contributed by atoms with Crippen molar-refractivity contribution in [2.45, 2.75) is 197 Å². The van der Waals surface area contributed by atoms with Crippen LogP contribution in [0, 0.1) is 35.5 Å². The first kappa shape index (κ1) is 47.4. The molecule has 9 rings (SSSR count). The van der Waals surface area contributed by atoms with Crippen molar-refractivity contribution in [1.29, 1.82) is 0 Å². The molecule has 0 aromatic heterocycles. The van der Waals surface area contributed by atoms with E-state index in [0.717, 1.165) is 70.7 Å². The van der Waals surface area contributed by atoms with Gasteiger partial charge in [0, 0.05) is 78.4 Å². The van der Waals surface area contributed by atoms with Crippen LogP contribution in [0.4, 0.5) is 0 Å². The number of fused-ring (bicyclic) bond motifs is 8. The van der Waals surface area contributed by atoms with E-state index in [-0.39, 0.29) is 70.7 Å². The van der Waals surface area contributed by atoms with Crippen molar-refractivity contribution >= 4 is 51.0 Å². The first-order valence-corrected chi connectivity index (χ1v) is 23.2. The molecule has 19 atom stereocenters. The van der Waals surface area contributed by atoms with E-state index in [4.69, 9.17) is 77.1 Å². The fourth-order valence-electron chi connectivity index (χ4n) is 11.0. The van der Waals surface area contributed by atoms with Crippen molar-refractivity contribution in [3.05, 3.63) is 0 Å². The van der Waals surface area contributed by atoms with E-state index in [1.54, 1.807) is 0 Å². The molecule has 8 saturated heterocycles. The molecule has 8 heterocycles. The van der Waals surface area contributed by atoms with Gasteiger partial charge in [-0.25, -0.2) is 0 Å². The predicted molar refractivity (Wildman–Crippen MR) is 229 cm³/mol. The highest BCUT2D eigenvalue weighted by atomic mass is 32.2. The monoisotopic (exact) mass is 791 g/mol. The second-order valence-electron chi connectivity index (χ2n) is 18.1. The molecule has 1 aliphatic carbocycles. The summed E-state index contributed by atoms with van der Waals surface area (Å²) in [5.74, 6) is 4.46. The van der Waals surface area contributed by atoms with Crippen LogP contribution >= 0.6 is 11.8 Å². The first-order valence-electron chi connectivity index (χ1n) is 22.1. The molecular formula is C42H71B5O8S. The van der Waals surface area contributed by atoms with Gasteiger partial charge in [-0.2, -0.15) is 11.8 Å². The lowest BCUT2D eigenvalue weighted by Gasteiger charge is -2.36. The highest BCUT2D eigenvalue weighted by molar-refractivity contribution is 8.00. The van der Waals surface area contributed by atoms with Crippen LogP contribution in [0.2, 0.25) is 0 Å². The molecule has 14 heteroatoms. The van der Waals surface area contributed by atoms with Gasteiger partial charge in [-0.15, -0.1) is 0 Å². The van der Waals surface area contributed by atoms with Crippen molar-refractivity contribution in [2.24, 2.45) is 35.5 Å². The summed E-state index contributed by atoms with van der Waals surface area (Å²) in [6.45, 7) is 24.8. The Kier molecular flexibility index (Phi) is 16.6. The zero-order chi connectivity index (χ0) is 41.2. The Morgan fingerprint density at radius 1 is 0.589 bits per heavy atom. The van der Waals surface area contributed by atoms with Crippen molar-refractivity contribution < 1.29 is 37.9 Å². The lowest BCUT2D eigenvalue weighted by molar-refractivity contribution is -0.115. The molecule has 9 aliphatic rings. The van der Waals surface area contributed by atoms with E-state index in [1.807, 2.05) is 11.8 Å². The zero-order valence-corrected chi connectivity index (χ0v) is 37.2. The first-order chi connectivity index (χ1) is 26.5. The van der Waals surface area contributed by atoms with E-state index in [9.17, 15) is 0 Å². The SMILES string of the molecule is [B][C@@H]1OCC(C)[C@H]1OCCC.[B][C@@H]1O[C@@]2(CC)CCO[C@H]1C2C.[B][C@@H]1O[C@@]2(CC)CC[C@H]1C2C.[B][C@@H]1O[C@@]2(CC)CO[C@H]1C2C.[B][C@@H]1O[C@@]2(CC)CS[C@H]1C2C. The largest absolute Gasteiger partial charge is 0.385 e. The second kappa shape index (κ2) is 19.6. The number of rotatable bonds is 7. The molecule has 10 radical (unpaired) electrons. The van der Waals surface area contributed by atoms with E-state index >= 15 is 0 Å². The Balaban J connectivity index is 0.000000134. The van der Waals surface area contributed by atoms with Gasteiger partial charge in [-0.3, -0.25) is 0 Å². The van der Waals surface area contributed by atoms with Crippen LogP contribution in [0.1, 0.15) is 121 Å². The maximum absolute atomic E-state index is 5.85. The molecular weight excluding hydrogens is 719 g/mol. The smallest absolute Gasteiger partial charge is 0.112 e. The zero-order valence-electron chi connectivity index (χ0n) is 36.4. The van der Waals surface area contributed by atoms with Gasteiger partial charge in [0.15, 0.2) is 0 Å². The van der Waals surface area contributed by atoms with Gasteiger partial charge in [-0.1, -0.05) is 69.2 Å². The second-order valence-corrected chi connectivity index (χ2v) is 19.3. The van der Waals surface area contributed by atoms with Gasteiger partial charge in [0.2, 0.25) is 0 Å². The summed E-state index contributed by atoms with van der Waals surface area (Å²) >= 11 is 1.98. The minimum Gasteiger partial charge on any atom is -0.385 e. The molecule has 9 fully saturated rings. The molecule has 0 aromatic carbocycles. The van der Waals surface area contributed by atoms with Gasteiger partial charge < -0.3 is 37.9 Å². The lowest BCUT2D eigenvalue weighted by Crippen LogP contribution is -2.42. The number of hydrogen-bond acceptors (Lipinski definition) is 9. The third-order valence-corrected chi connectivity index (χ3v) is 17.2. The lowest BCUT2D eigenvalue weighted by atomic mass is 9.78. The third kappa shape index (κ3) is 9.11. The van der Waals surface area contributed by atoms with Crippen LogP contribution in [-0.2, 0) is 37.9 Å². The maximum atomic E-state index is 5.85. The molecule has 308 valence electrons. The highest BCUT2D eigenvalue weighted by Gasteiger charge is 2.57. The summed E-state index contributed by atoms with van der Waals surface area (Å²) in [5.41, 5.74) is 0.227. The normalized spacial score (nSPS) is 51.3. The van der Waals surface area contributed by atoms with E-state index < -0.39 is 0 Å². The molecule has 1 saturated carbocycles. The van der Waals surface area contributed by atoms with Gasteiger partial charge in [0.25, 0.3) is 0 Å². The number of ether oxygens (including phenoxy) is 8. The van der Waals surface area contributed by atoms with Crippen molar-refractivity contribution in [3.63, 3.8) is 0 Å². The molecule has 0 N–H and O–H groups in total. The highest BCUT2D eigenvalue weighted by Crippen LogP contribution is 2.54. The summed E-state index contributed by atoms with van der Waals surface area (Å²) in [6, 6.07) is -0.597. The molecule has 0 aromatic rings. The molecule has 8 nitrogen and oxygen atoms in total. The topological polar surface area (TPSA) is 73.8 Å². The maximum Gasteiger partial charge on any atom is 0.112 e. The van der Waals surface area contributed by atoms with Crippen LogP contribution in [-0.4, -0.2) is 147 Å². The van der Waals surface area contributed by atoms with Crippen LogP contribution in [0.5, 0.6) is 0 Å². The molecule has 8 bridgehead atoms. The van der Waals surface area contributed by atoms with Crippen molar-refractivity contribution in [1.82, 2.24) is 0 Å². The minimum absolute atomic E-state index is 0.0105. The number of thioether (sulfide) groups is 1. The number of hydrogen-bond donors (Lipinski definition) is 0. The van der Waals surface area contributed by atoms with Crippen LogP contribution in [0.15, 0.2) is 0 Å². The minimum atomic E-state index is -0.212. The van der Waals surface area contributed by atoms with Crippen LogP contribution in [0.25, 0.3) is 0 Å². The molecule has 56 heavy (non-hydrogen) atoms. The quantitative estimate of drug-likeness (QED) is 0.296. The Morgan fingerprint density at radius 2 is 1.14 bits per heavy atom. The summed E-state index contributed by atoms with van der Waals surface area (Å²) in [4.78, 5) is 0. The van der Waals surface area contributed by atoms with Crippen LogP contribution < -0.4 is 0 Å². The average molecular weight is 790 g/mol. The van der Waals surface area contributed by atoms with Crippen molar-refractivity contribution in [3.8, 4) is 0 Å². The summed E-state index contributed by atoms with van der Waals surface area (Å²) in [5, 5.41) is 0.551. The van der Waals surface area contributed by atoms with Crippen molar-refractivity contribution in [2.75, 3.05) is 32.2 Å². The Morgan fingerprint density at radius 3 is 1.52 bits per heavy atom. The summed E-state index contributed by atoms with van der Waals surface area (Å²) in [7, 11) is 28.9. The fourth-order valence-corrected chi connectivity index (χ4v) is 12.8. The molecule has 0 spiro atoms. The summed E-state index contributed by atoms with van der Waals surface area (Å²) < 4.78 is 44.8. The Labute approximate surface area is 351 Å². The van der Waals surface area contributed by atoms with Gasteiger partial charge in [0.1, 0.15) is 39.2 Å². The molecule has 8 aliphatic heterocycles. The van der Waals surface area contributed by atoms with Gasteiger partial charge >= 0.3 is 0 Å². The van der Waals surface area contributed by atoms with E-state index in [0.29, 0.717) is 40.8 Å². The molecule has 5 unspecified atom stereocenters. The van der Waals surface area contributed by atoms with E-state index in [2.05, 4.69) is 69.2 Å². The van der Waals surface area contributed by atoms with Crippen LogP contribution in [0.3, 0.4) is 0 Å². The fraction of sp³-hybridized carbons (Fsp3) is 1.00. The Bertz CT molecular complexity index is 1150. The Hall–Kier alpha value is 0.355. The molecule has 0 amide bonds.